The Morgan fingerprint density at radius 2 is 1.59 bits per heavy atom. The molecule has 37 heavy (non-hydrogen) atoms. The molecule has 3 heterocycles. The zero-order valence-corrected chi connectivity index (χ0v) is 20.5. The van der Waals surface area contributed by atoms with Crippen LogP contribution in [0.1, 0.15) is 44.7 Å². The lowest BCUT2D eigenvalue weighted by atomic mass is 10.0. The minimum Gasteiger partial charge on any atom is -0.488 e. The summed E-state index contributed by atoms with van der Waals surface area (Å²) in [4.78, 5) is 55.4. The van der Waals surface area contributed by atoms with Crippen LogP contribution in [-0.2, 0) is 22.7 Å². The number of amides is 4. The Labute approximate surface area is 214 Å². The number of nitrogens with zero attached hydrogens (tertiary/aromatic N) is 3. The molecule has 4 amide bonds. The summed E-state index contributed by atoms with van der Waals surface area (Å²) in [5, 5.41) is 2.20. The first kappa shape index (κ1) is 25.0. The molecule has 194 valence electrons. The van der Waals surface area contributed by atoms with Crippen LogP contribution in [-0.4, -0.2) is 83.8 Å². The number of nitrogens with one attached hydrogen (secondary N) is 1. The molecule has 1 N–H and O–H groups in total. The fourth-order valence-electron chi connectivity index (χ4n) is 5.05. The molecule has 0 spiro atoms. The molecule has 0 aromatic heterocycles. The van der Waals surface area contributed by atoms with E-state index in [0.717, 1.165) is 43.2 Å². The van der Waals surface area contributed by atoms with E-state index in [-0.39, 0.29) is 43.0 Å². The molecule has 0 aliphatic carbocycles. The second-order valence-corrected chi connectivity index (χ2v) is 9.54. The van der Waals surface area contributed by atoms with E-state index in [2.05, 4.69) is 15.1 Å². The molecule has 2 aromatic carbocycles. The van der Waals surface area contributed by atoms with E-state index in [1.165, 1.54) is 5.56 Å². The average molecular weight is 509 g/mol. The van der Waals surface area contributed by atoms with Gasteiger partial charge in [0.1, 0.15) is 25.1 Å². The maximum absolute atomic E-state index is 13.2. The standard InChI is InChI=1S/C27H29FN4O5/c28-10-11-30-12-14-31(15-13-30)16-18-4-6-19(7-5-18)17-37-22-3-1-2-20-24(22)27(36)32(26(20)35)21-8-9-23(33)29-25(21)34/h1-7,21H,8-17H2,(H,29,33,34). The van der Waals surface area contributed by atoms with E-state index in [1.807, 2.05) is 24.3 Å². The number of fused-ring (bicyclic) bond motifs is 1. The first-order chi connectivity index (χ1) is 17.9. The third kappa shape index (κ3) is 5.26. The summed E-state index contributed by atoms with van der Waals surface area (Å²) in [7, 11) is 0. The van der Waals surface area contributed by atoms with Gasteiger partial charge in [0.25, 0.3) is 11.8 Å². The maximum atomic E-state index is 13.2. The molecular formula is C27H29FN4O5. The van der Waals surface area contributed by atoms with Gasteiger partial charge in [0, 0.05) is 45.7 Å². The highest BCUT2D eigenvalue weighted by atomic mass is 19.1. The number of carbonyl (C=O) groups is 4. The van der Waals surface area contributed by atoms with Gasteiger partial charge in [-0.25, -0.2) is 4.39 Å². The molecule has 3 aliphatic rings. The molecule has 2 aromatic rings. The number of piperidine rings is 1. The van der Waals surface area contributed by atoms with Crippen LogP contribution in [0.15, 0.2) is 42.5 Å². The van der Waals surface area contributed by atoms with Gasteiger partial charge in [0.05, 0.1) is 11.1 Å². The number of hydrogen-bond donors (Lipinski definition) is 1. The Morgan fingerprint density at radius 1 is 0.892 bits per heavy atom. The van der Waals surface area contributed by atoms with Crippen LogP contribution < -0.4 is 10.1 Å². The third-order valence-electron chi connectivity index (χ3n) is 7.12. The lowest BCUT2D eigenvalue weighted by Gasteiger charge is -2.34. The predicted molar refractivity (Wildman–Crippen MR) is 132 cm³/mol. The molecule has 2 saturated heterocycles. The number of piperazine rings is 1. The number of halogens is 1. The number of benzene rings is 2. The maximum Gasteiger partial charge on any atom is 0.266 e. The number of rotatable bonds is 8. The van der Waals surface area contributed by atoms with Crippen molar-refractivity contribution in [2.75, 3.05) is 39.4 Å². The van der Waals surface area contributed by atoms with Gasteiger partial charge in [0.15, 0.2) is 0 Å². The largest absolute Gasteiger partial charge is 0.488 e. The van der Waals surface area contributed by atoms with Gasteiger partial charge in [-0.3, -0.25) is 39.2 Å². The number of alkyl halides is 1. The summed E-state index contributed by atoms with van der Waals surface area (Å²) in [6.07, 6.45) is 0.171. The van der Waals surface area contributed by atoms with E-state index in [1.54, 1.807) is 18.2 Å². The third-order valence-corrected chi connectivity index (χ3v) is 7.12. The van der Waals surface area contributed by atoms with Crippen LogP contribution in [0.25, 0.3) is 0 Å². The molecule has 0 saturated carbocycles. The summed E-state index contributed by atoms with van der Waals surface area (Å²) in [5.74, 6) is -1.93. The second-order valence-electron chi connectivity index (χ2n) is 9.54. The van der Waals surface area contributed by atoms with Crippen molar-refractivity contribution in [1.29, 1.82) is 0 Å². The van der Waals surface area contributed by atoms with Gasteiger partial charge in [0.2, 0.25) is 11.8 Å². The molecule has 5 rings (SSSR count). The molecule has 1 atom stereocenters. The molecule has 0 radical (unpaired) electrons. The quantitative estimate of drug-likeness (QED) is 0.543. The van der Waals surface area contributed by atoms with Crippen molar-refractivity contribution in [1.82, 2.24) is 20.0 Å². The Bertz CT molecular complexity index is 1210. The van der Waals surface area contributed by atoms with Gasteiger partial charge in [-0.1, -0.05) is 30.3 Å². The Morgan fingerprint density at radius 3 is 2.30 bits per heavy atom. The van der Waals surface area contributed by atoms with Gasteiger partial charge in [-0.05, 0) is 29.7 Å². The highest BCUT2D eigenvalue weighted by Crippen LogP contribution is 2.34. The number of ether oxygens (including phenoxy) is 1. The van der Waals surface area contributed by atoms with Crippen molar-refractivity contribution in [3.05, 3.63) is 64.7 Å². The van der Waals surface area contributed by atoms with E-state index >= 15 is 0 Å². The summed E-state index contributed by atoms with van der Waals surface area (Å²) >= 11 is 0. The molecule has 1 unspecified atom stereocenters. The van der Waals surface area contributed by atoms with Gasteiger partial charge >= 0.3 is 0 Å². The summed E-state index contributed by atoms with van der Waals surface area (Å²) in [6.45, 7) is 4.79. The first-order valence-electron chi connectivity index (χ1n) is 12.5. The van der Waals surface area contributed by atoms with Crippen molar-refractivity contribution >= 4 is 23.6 Å². The minimum atomic E-state index is -1.02. The van der Waals surface area contributed by atoms with Crippen molar-refractivity contribution in [3.8, 4) is 5.75 Å². The van der Waals surface area contributed by atoms with E-state index < -0.39 is 29.7 Å². The number of carbonyl (C=O) groups excluding carboxylic acids is 4. The van der Waals surface area contributed by atoms with Crippen molar-refractivity contribution in [2.45, 2.75) is 32.0 Å². The van der Waals surface area contributed by atoms with Gasteiger partial charge in [-0.15, -0.1) is 0 Å². The summed E-state index contributed by atoms with van der Waals surface area (Å²) < 4.78 is 18.5. The summed E-state index contributed by atoms with van der Waals surface area (Å²) in [5.41, 5.74) is 2.41. The monoisotopic (exact) mass is 508 g/mol. The van der Waals surface area contributed by atoms with Crippen LogP contribution in [0.3, 0.4) is 0 Å². The molecule has 2 fully saturated rings. The van der Waals surface area contributed by atoms with E-state index in [0.29, 0.717) is 6.54 Å². The van der Waals surface area contributed by atoms with Crippen molar-refractivity contribution in [3.63, 3.8) is 0 Å². The zero-order chi connectivity index (χ0) is 25.9. The van der Waals surface area contributed by atoms with Crippen LogP contribution in [0.4, 0.5) is 4.39 Å². The molecular weight excluding hydrogens is 479 g/mol. The molecule has 9 nitrogen and oxygen atoms in total. The number of hydrogen-bond acceptors (Lipinski definition) is 7. The normalized spacial score (nSPS) is 20.8. The Hall–Kier alpha value is -3.63. The van der Waals surface area contributed by atoms with Crippen molar-refractivity contribution < 1.29 is 28.3 Å². The zero-order valence-electron chi connectivity index (χ0n) is 20.5. The molecule has 0 bridgehead atoms. The highest BCUT2D eigenvalue weighted by Gasteiger charge is 2.46. The Kier molecular flexibility index (Phi) is 7.29. The van der Waals surface area contributed by atoms with Crippen molar-refractivity contribution in [2.24, 2.45) is 0 Å². The van der Waals surface area contributed by atoms with Crippen LogP contribution in [0.2, 0.25) is 0 Å². The van der Waals surface area contributed by atoms with E-state index in [4.69, 9.17) is 4.74 Å². The number of imide groups is 2. The van der Waals surface area contributed by atoms with Gasteiger partial charge < -0.3 is 4.74 Å². The fourth-order valence-corrected chi connectivity index (χ4v) is 5.05. The minimum absolute atomic E-state index is 0.0680. The summed E-state index contributed by atoms with van der Waals surface area (Å²) in [6, 6.07) is 11.8. The van der Waals surface area contributed by atoms with E-state index in [9.17, 15) is 23.6 Å². The fraction of sp³-hybridized carbons (Fsp3) is 0.407. The topological polar surface area (TPSA) is 99.3 Å². The van der Waals surface area contributed by atoms with Gasteiger partial charge in [-0.2, -0.15) is 0 Å². The SMILES string of the molecule is O=C1CCC(N2C(=O)c3cccc(OCc4ccc(CN5CCN(CCF)CC5)cc4)c3C2=O)C(=O)N1. The first-order valence-corrected chi connectivity index (χ1v) is 12.5. The second kappa shape index (κ2) is 10.8. The van der Waals surface area contributed by atoms with Crippen LogP contribution in [0.5, 0.6) is 5.75 Å². The smallest absolute Gasteiger partial charge is 0.266 e. The lowest BCUT2D eigenvalue weighted by Crippen LogP contribution is -2.54. The highest BCUT2D eigenvalue weighted by molar-refractivity contribution is 6.24. The molecule has 3 aliphatic heterocycles. The Balaban J connectivity index is 1.21. The molecule has 10 heteroatoms. The lowest BCUT2D eigenvalue weighted by molar-refractivity contribution is -0.136. The van der Waals surface area contributed by atoms with Crippen LogP contribution in [0, 0.1) is 0 Å². The predicted octanol–water partition coefficient (Wildman–Crippen LogP) is 1.75. The van der Waals surface area contributed by atoms with Crippen LogP contribution >= 0.6 is 0 Å². The average Bonchev–Trinajstić information content (AvgIpc) is 3.15.